The van der Waals surface area contributed by atoms with Gasteiger partial charge in [0.2, 0.25) is 0 Å². The summed E-state index contributed by atoms with van der Waals surface area (Å²) >= 11 is 0. The fourth-order valence-corrected chi connectivity index (χ4v) is 2.36. The molecule has 0 saturated carbocycles. The fraction of sp³-hybridized carbons (Fsp3) is 0.667. The summed E-state index contributed by atoms with van der Waals surface area (Å²) < 4.78 is 1.77. The van der Waals surface area contributed by atoms with E-state index in [0.717, 1.165) is 36.6 Å². The van der Waals surface area contributed by atoms with E-state index in [4.69, 9.17) is 0 Å². The van der Waals surface area contributed by atoms with Crippen LogP contribution < -0.4 is 5.32 Å². The van der Waals surface area contributed by atoms with Crippen LogP contribution in [-0.4, -0.2) is 46.3 Å². The van der Waals surface area contributed by atoms with Gasteiger partial charge in [0, 0.05) is 38.4 Å². The van der Waals surface area contributed by atoms with Crippen molar-refractivity contribution in [2.24, 2.45) is 7.05 Å². The number of carbonyl (C=O) groups excluding carboxylic acids is 1. The zero-order valence-electron chi connectivity index (χ0n) is 10.9. The van der Waals surface area contributed by atoms with Gasteiger partial charge in [0.1, 0.15) is 0 Å². The van der Waals surface area contributed by atoms with E-state index in [1.54, 1.807) is 4.68 Å². The number of hydrogen-bond acceptors (Lipinski definition) is 3. The molecule has 0 bridgehead atoms. The van der Waals surface area contributed by atoms with E-state index in [2.05, 4.69) is 17.3 Å². The first-order valence-corrected chi connectivity index (χ1v) is 6.03. The Morgan fingerprint density at radius 1 is 1.47 bits per heavy atom. The lowest BCUT2D eigenvalue weighted by molar-refractivity contribution is 0.0707. The van der Waals surface area contributed by atoms with E-state index in [9.17, 15) is 4.79 Å². The van der Waals surface area contributed by atoms with Crippen molar-refractivity contribution in [1.29, 1.82) is 0 Å². The van der Waals surface area contributed by atoms with Crippen LogP contribution >= 0.6 is 0 Å². The van der Waals surface area contributed by atoms with Crippen molar-refractivity contribution in [2.45, 2.75) is 26.8 Å². The van der Waals surface area contributed by atoms with Gasteiger partial charge in [0.05, 0.1) is 11.3 Å². The summed E-state index contributed by atoms with van der Waals surface area (Å²) in [5, 5.41) is 7.64. The van der Waals surface area contributed by atoms with E-state index in [1.807, 2.05) is 25.8 Å². The molecule has 1 N–H and O–H groups in total. The smallest absolute Gasteiger partial charge is 0.257 e. The summed E-state index contributed by atoms with van der Waals surface area (Å²) in [6, 6.07) is 0.366. The average Bonchev–Trinajstić information content (AvgIpc) is 2.52. The fourth-order valence-electron chi connectivity index (χ4n) is 2.36. The molecule has 94 valence electrons. The highest BCUT2D eigenvalue weighted by Crippen LogP contribution is 2.15. The molecule has 0 spiro atoms. The Kier molecular flexibility index (Phi) is 3.19. The Bertz CT molecular complexity index is 438. The van der Waals surface area contributed by atoms with Crippen molar-refractivity contribution < 1.29 is 4.79 Å². The van der Waals surface area contributed by atoms with Crippen LogP contribution in [0.3, 0.4) is 0 Å². The first-order chi connectivity index (χ1) is 8.00. The maximum absolute atomic E-state index is 12.4. The number of piperazine rings is 1. The number of hydrogen-bond donors (Lipinski definition) is 1. The minimum atomic E-state index is 0.112. The first kappa shape index (κ1) is 12.1. The molecule has 0 unspecified atom stereocenters. The van der Waals surface area contributed by atoms with Gasteiger partial charge in [-0.1, -0.05) is 0 Å². The van der Waals surface area contributed by atoms with E-state index in [1.165, 1.54) is 0 Å². The summed E-state index contributed by atoms with van der Waals surface area (Å²) in [6.45, 7) is 8.35. The Hall–Kier alpha value is -1.36. The number of carbonyl (C=O) groups is 1. The highest BCUT2D eigenvalue weighted by Gasteiger charge is 2.26. The molecule has 5 nitrogen and oxygen atoms in total. The molecule has 2 rings (SSSR count). The molecule has 5 heteroatoms. The first-order valence-electron chi connectivity index (χ1n) is 6.03. The molecule has 1 atom stereocenters. The third-order valence-electron chi connectivity index (χ3n) is 3.38. The second kappa shape index (κ2) is 4.49. The molecule has 0 radical (unpaired) electrons. The highest BCUT2D eigenvalue weighted by molar-refractivity contribution is 5.96. The van der Waals surface area contributed by atoms with E-state index in [0.29, 0.717) is 6.04 Å². The van der Waals surface area contributed by atoms with Crippen molar-refractivity contribution in [2.75, 3.05) is 19.6 Å². The van der Waals surface area contributed by atoms with E-state index < -0.39 is 0 Å². The number of nitrogens with one attached hydrogen (secondary N) is 1. The van der Waals surface area contributed by atoms with Gasteiger partial charge in [-0.3, -0.25) is 9.48 Å². The van der Waals surface area contributed by atoms with Gasteiger partial charge in [-0.2, -0.15) is 5.10 Å². The zero-order chi connectivity index (χ0) is 12.6. The van der Waals surface area contributed by atoms with Gasteiger partial charge in [-0.15, -0.1) is 0 Å². The summed E-state index contributed by atoms with van der Waals surface area (Å²) in [5.41, 5.74) is 2.53. The van der Waals surface area contributed by atoms with Crippen molar-refractivity contribution in [3.63, 3.8) is 0 Å². The Morgan fingerprint density at radius 3 is 2.71 bits per heavy atom. The van der Waals surface area contributed by atoms with Gasteiger partial charge in [0.15, 0.2) is 0 Å². The molecule has 1 aromatic heterocycles. The van der Waals surface area contributed by atoms with Gasteiger partial charge in [-0.05, 0) is 20.8 Å². The molecule has 1 aromatic rings. The Balaban J connectivity index is 2.24. The highest BCUT2D eigenvalue weighted by atomic mass is 16.2. The lowest BCUT2D eigenvalue weighted by atomic mass is 10.1. The second-order valence-electron chi connectivity index (χ2n) is 4.78. The minimum Gasteiger partial charge on any atom is -0.336 e. The molecule has 1 aliphatic rings. The van der Waals surface area contributed by atoms with Crippen molar-refractivity contribution in [1.82, 2.24) is 20.0 Å². The lowest BCUT2D eigenvalue weighted by Gasteiger charge is -2.32. The van der Waals surface area contributed by atoms with Crippen LogP contribution in [-0.2, 0) is 7.05 Å². The van der Waals surface area contributed by atoms with Gasteiger partial charge in [-0.25, -0.2) is 0 Å². The molecular weight excluding hydrogens is 216 g/mol. The van der Waals surface area contributed by atoms with Crippen LogP contribution in [0.15, 0.2) is 0 Å². The zero-order valence-corrected chi connectivity index (χ0v) is 10.9. The summed E-state index contributed by atoms with van der Waals surface area (Å²) in [7, 11) is 1.87. The quantitative estimate of drug-likeness (QED) is 0.771. The number of aryl methyl sites for hydroxylation is 2. The average molecular weight is 236 g/mol. The van der Waals surface area contributed by atoms with Crippen molar-refractivity contribution in [3.8, 4) is 0 Å². The molecule has 0 aliphatic carbocycles. The number of nitrogens with zero attached hydrogens (tertiary/aromatic N) is 3. The summed E-state index contributed by atoms with van der Waals surface area (Å²) in [4.78, 5) is 14.4. The van der Waals surface area contributed by atoms with Crippen LogP contribution in [0.2, 0.25) is 0 Å². The monoisotopic (exact) mass is 236 g/mol. The van der Waals surface area contributed by atoms with Crippen LogP contribution in [0.1, 0.15) is 28.7 Å². The largest absolute Gasteiger partial charge is 0.336 e. The van der Waals surface area contributed by atoms with E-state index in [-0.39, 0.29) is 5.91 Å². The SMILES string of the molecule is Cc1nn(C)c(C)c1C(=O)N1CCN[C@@H](C)C1. The third-order valence-corrected chi connectivity index (χ3v) is 3.38. The standard InChI is InChI=1S/C12H20N4O/c1-8-7-16(6-5-13-8)12(17)11-9(2)14-15(4)10(11)3/h8,13H,5-7H2,1-4H3/t8-/m0/s1. The van der Waals surface area contributed by atoms with Crippen molar-refractivity contribution >= 4 is 5.91 Å². The number of amides is 1. The Morgan fingerprint density at radius 2 is 2.18 bits per heavy atom. The molecule has 0 aromatic carbocycles. The molecule has 1 amide bonds. The van der Waals surface area contributed by atoms with Crippen LogP contribution in [0.4, 0.5) is 0 Å². The summed E-state index contributed by atoms with van der Waals surface area (Å²) in [6.07, 6.45) is 0. The lowest BCUT2D eigenvalue weighted by Crippen LogP contribution is -2.51. The van der Waals surface area contributed by atoms with Gasteiger partial charge < -0.3 is 10.2 Å². The maximum atomic E-state index is 12.4. The second-order valence-corrected chi connectivity index (χ2v) is 4.78. The molecule has 2 heterocycles. The number of rotatable bonds is 1. The molecule has 1 fully saturated rings. The van der Waals surface area contributed by atoms with E-state index >= 15 is 0 Å². The van der Waals surface area contributed by atoms with Crippen molar-refractivity contribution in [3.05, 3.63) is 17.0 Å². The predicted molar refractivity (Wildman–Crippen MR) is 66.1 cm³/mol. The van der Waals surface area contributed by atoms with Gasteiger partial charge in [0.25, 0.3) is 5.91 Å². The molecule has 1 saturated heterocycles. The molecular formula is C12H20N4O. The predicted octanol–water partition coefficient (Wildman–Crippen LogP) is 0.471. The van der Waals surface area contributed by atoms with Crippen LogP contribution in [0.5, 0.6) is 0 Å². The molecule has 1 aliphatic heterocycles. The number of aromatic nitrogens is 2. The normalized spacial score (nSPS) is 20.7. The minimum absolute atomic E-state index is 0.112. The summed E-state index contributed by atoms with van der Waals surface area (Å²) in [5.74, 6) is 0.112. The Labute approximate surface area is 102 Å². The topological polar surface area (TPSA) is 50.2 Å². The molecule has 17 heavy (non-hydrogen) atoms. The van der Waals surface area contributed by atoms with Crippen LogP contribution in [0.25, 0.3) is 0 Å². The van der Waals surface area contributed by atoms with Crippen LogP contribution in [0, 0.1) is 13.8 Å². The third kappa shape index (κ3) is 2.20. The maximum Gasteiger partial charge on any atom is 0.257 e. The van der Waals surface area contributed by atoms with Gasteiger partial charge >= 0.3 is 0 Å².